The van der Waals surface area contributed by atoms with Crippen LogP contribution in [0.4, 0.5) is 16.5 Å². The molecule has 9 nitrogen and oxygen atoms in total. The lowest BCUT2D eigenvalue weighted by Crippen LogP contribution is -2.44. The first-order valence-electron chi connectivity index (χ1n) is 8.95. The molecule has 2 heterocycles. The van der Waals surface area contributed by atoms with Crippen LogP contribution in [-0.4, -0.2) is 53.1 Å². The SMILES string of the molecule is CNc1ccc(C(=O)Nc2nc(CN3CC(C)OC(C)C3)cs2)cc1[N+](=O)[O-]. The van der Waals surface area contributed by atoms with Crippen molar-refractivity contribution >= 4 is 33.8 Å². The molecule has 2 unspecified atom stereocenters. The number of anilines is 2. The fourth-order valence-electron chi connectivity index (χ4n) is 3.28. The first-order chi connectivity index (χ1) is 13.4. The molecular formula is C18H23N5O4S. The van der Waals surface area contributed by atoms with Crippen LogP contribution in [0.3, 0.4) is 0 Å². The number of thiazole rings is 1. The lowest BCUT2D eigenvalue weighted by Gasteiger charge is -2.34. The smallest absolute Gasteiger partial charge is 0.293 e. The summed E-state index contributed by atoms with van der Waals surface area (Å²) in [4.78, 5) is 29.8. The van der Waals surface area contributed by atoms with Gasteiger partial charge in [0.25, 0.3) is 11.6 Å². The number of nitro groups is 1. The Morgan fingerprint density at radius 2 is 2.11 bits per heavy atom. The number of amides is 1. The average molecular weight is 405 g/mol. The molecule has 1 saturated heterocycles. The van der Waals surface area contributed by atoms with Gasteiger partial charge in [0, 0.05) is 43.7 Å². The van der Waals surface area contributed by atoms with Crippen molar-refractivity contribution in [3.63, 3.8) is 0 Å². The third kappa shape index (κ3) is 4.83. The van der Waals surface area contributed by atoms with Crippen molar-refractivity contribution in [3.05, 3.63) is 45.0 Å². The first kappa shape index (κ1) is 20.2. The lowest BCUT2D eigenvalue weighted by molar-refractivity contribution is -0.384. The van der Waals surface area contributed by atoms with Gasteiger partial charge in [0.2, 0.25) is 0 Å². The number of carbonyl (C=O) groups is 1. The molecule has 1 amide bonds. The van der Waals surface area contributed by atoms with Gasteiger partial charge in [-0.1, -0.05) is 0 Å². The molecule has 150 valence electrons. The zero-order valence-corrected chi connectivity index (χ0v) is 16.8. The fraction of sp³-hybridized carbons (Fsp3) is 0.444. The summed E-state index contributed by atoms with van der Waals surface area (Å²) in [6.07, 6.45) is 0.357. The van der Waals surface area contributed by atoms with Crippen molar-refractivity contribution in [2.24, 2.45) is 0 Å². The number of hydrogen-bond acceptors (Lipinski definition) is 8. The van der Waals surface area contributed by atoms with Crippen molar-refractivity contribution in [1.29, 1.82) is 0 Å². The summed E-state index contributed by atoms with van der Waals surface area (Å²) in [5.74, 6) is -0.430. The molecule has 1 aromatic heterocycles. The standard InChI is InChI=1S/C18H23N5O4S/c1-11-7-22(8-12(2)27-11)9-14-10-28-18(20-14)21-17(24)13-4-5-15(19-3)16(6-13)23(25)26/h4-6,10-12,19H,7-9H2,1-3H3,(H,20,21,24). The van der Waals surface area contributed by atoms with E-state index in [2.05, 4.69) is 20.5 Å². The van der Waals surface area contributed by atoms with Crippen molar-refractivity contribution in [1.82, 2.24) is 9.88 Å². The maximum absolute atomic E-state index is 12.5. The largest absolute Gasteiger partial charge is 0.383 e. The van der Waals surface area contributed by atoms with Gasteiger partial charge in [-0.3, -0.25) is 25.1 Å². The van der Waals surface area contributed by atoms with Gasteiger partial charge in [-0.05, 0) is 26.0 Å². The molecule has 1 aliphatic rings. The maximum atomic E-state index is 12.5. The Bertz CT molecular complexity index is 861. The van der Waals surface area contributed by atoms with Crippen LogP contribution in [0.15, 0.2) is 23.6 Å². The Kier molecular flexibility index (Phi) is 6.22. The van der Waals surface area contributed by atoms with Gasteiger partial charge in [-0.25, -0.2) is 4.98 Å². The predicted octanol–water partition coefficient (Wildman–Crippen LogP) is 2.95. The third-order valence-corrected chi connectivity index (χ3v) is 5.19. The molecule has 28 heavy (non-hydrogen) atoms. The molecule has 0 aliphatic carbocycles. The van der Waals surface area contributed by atoms with Gasteiger partial charge >= 0.3 is 0 Å². The second-order valence-corrected chi connectivity index (χ2v) is 7.65. The highest BCUT2D eigenvalue weighted by Gasteiger charge is 2.23. The van der Waals surface area contributed by atoms with Crippen LogP contribution in [0.5, 0.6) is 0 Å². The highest BCUT2D eigenvalue weighted by Crippen LogP contribution is 2.26. The molecule has 3 rings (SSSR count). The first-order valence-corrected chi connectivity index (χ1v) is 9.83. The topological polar surface area (TPSA) is 110 Å². The summed E-state index contributed by atoms with van der Waals surface area (Å²) in [5, 5.41) is 19.0. The molecule has 1 fully saturated rings. The molecule has 0 radical (unpaired) electrons. The summed E-state index contributed by atoms with van der Waals surface area (Å²) < 4.78 is 5.73. The highest BCUT2D eigenvalue weighted by molar-refractivity contribution is 7.13. The minimum Gasteiger partial charge on any atom is -0.383 e. The fourth-order valence-corrected chi connectivity index (χ4v) is 3.98. The summed E-state index contributed by atoms with van der Waals surface area (Å²) in [7, 11) is 1.59. The van der Waals surface area contributed by atoms with Crippen molar-refractivity contribution in [3.8, 4) is 0 Å². The number of morpholine rings is 1. The summed E-state index contributed by atoms with van der Waals surface area (Å²) >= 11 is 1.33. The Hall–Kier alpha value is -2.56. The lowest BCUT2D eigenvalue weighted by atomic mass is 10.1. The summed E-state index contributed by atoms with van der Waals surface area (Å²) in [6.45, 7) is 6.46. The van der Waals surface area contributed by atoms with Crippen LogP contribution in [0.25, 0.3) is 0 Å². The van der Waals surface area contributed by atoms with E-state index in [1.807, 2.05) is 19.2 Å². The van der Waals surface area contributed by atoms with E-state index in [9.17, 15) is 14.9 Å². The van der Waals surface area contributed by atoms with E-state index in [0.717, 1.165) is 18.8 Å². The monoisotopic (exact) mass is 405 g/mol. The second kappa shape index (κ2) is 8.63. The van der Waals surface area contributed by atoms with E-state index in [1.54, 1.807) is 13.1 Å². The number of carbonyl (C=O) groups excluding carboxylic acids is 1. The number of hydrogen-bond donors (Lipinski definition) is 2. The number of benzene rings is 1. The Labute approximate surface area is 166 Å². The maximum Gasteiger partial charge on any atom is 0.293 e. The van der Waals surface area contributed by atoms with Crippen molar-refractivity contribution in [2.45, 2.75) is 32.6 Å². The van der Waals surface area contributed by atoms with Gasteiger partial charge in [0.15, 0.2) is 5.13 Å². The predicted molar refractivity (Wildman–Crippen MR) is 108 cm³/mol. The van der Waals surface area contributed by atoms with E-state index in [-0.39, 0.29) is 23.5 Å². The normalized spacial score (nSPS) is 20.0. The van der Waals surface area contributed by atoms with Crippen LogP contribution in [-0.2, 0) is 11.3 Å². The number of aromatic nitrogens is 1. The molecule has 1 aromatic carbocycles. The van der Waals surface area contributed by atoms with Crippen molar-refractivity contribution < 1.29 is 14.5 Å². The van der Waals surface area contributed by atoms with Crippen LogP contribution in [0.1, 0.15) is 29.9 Å². The second-order valence-electron chi connectivity index (χ2n) is 6.79. The summed E-state index contributed by atoms with van der Waals surface area (Å²) in [5.41, 5.74) is 1.29. The zero-order chi connectivity index (χ0) is 20.3. The molecule has 10 heteroatoms. The van der Waals surface area contributed by atoms with E-state index in [4.69, 9.17) is 4.74 Å². The van der Waals surface area contributed by atoms with Crippen molar-refractivity contribution in [2.75, 3.05) is 30.8 Å². The van der Waals surface area contributed by atoms with Gasteiger partial charge in [-0.15, -0.1) is 11.3 Å². The van der Waals surface area contributed by atoms with Crippen LogP contribution in [0.2, 0.25) is 0 Å². The molecule has 1 aliphatic heterocycles. The molecule has 0 spiro atoms. The Morgan fingerprint density at radius 3 is 2.75 bits per heavy atom. The number of nitrogens with zero attached hydrogens (tertiary/aromatic N) is 3. The van der Waals surface area contributed by atoms with Crippen LogP contribution >= 0.6 is 11.3 Å². The number of rotatable bonds is 6. The molecule has 0 bridgehead atoms. The number of nitrogens with one attached hydrogen (secondary N) is 2. The molecule has 2 atom stereocenters. The molecule has 2 aromatic rings. The number of nitro benzene ring substituents is 1. The average Bonchev–Trinajstić information content (AvgIpc) is 3.06. The number of ether oxygens (including phenoxy) is 1. The quantitative estimate of drug-likeness (QED) is 0.562. The van der Waals surface area contributed by atoms with E-state index >= 15 is 0 Å². The van der Waals surface area contributed by atoms with Crippen LogP contribution in [0, 0.1) is 10.1 Å². The summed E-state index contributed by atoms with van der Waals surface area (Å²) in [6, 6.07) is 4.31. The van der Waals surface area contributed by atoms with Gasteiger partial charge in [0.05, 0.1) is 22.8 Å². The van der Waals surface area contributed by atoms with E-state index in [0.29, 0.717) is 17.4 Å². The minimum atomic E-state index is -0.519. The minimum absolute atomic E-state index is 0.148. The zero-order valence-electron chi connectivity index (χ0n) is 16.0. The van der Waals surface area contributed by atoms with Gasteiger partial charge in [0.1, 0.15) is 5.69 Å². The van der Waals surface area contributed by atoms with Crippen LogP contribution < -0.4 is 10.6 Å². The Balaban J connectivity index is 1.65. The van der Waals surface area contributed by atoms with Gasteiger partial charge in [-0.2, -0.15) is 0 Å². The van der Waals surface area contributed by atoms with E-state index in [1.165, 1.54) is 23.5 Å². The van der Waals surface area contributed by atoms with E-state index < -0.39 is 10.8 Å². The van der Waals surface area contributed by atoms with Gasteiger partial charge < -0.3 is 10.1 Å². The molecule has 2 N–H and O–H groups in total. The highest BCUT2D eigenvalue weighted by atomic mass is 32.1. The molecular weight excluding hydrogens is 382 g/mol. The third-order valence-electron chi connectivity index (χ3n) is 4.38. The molecule has 0 saturated carbocycles. The Morgan fingerprint density at radius 1 is 1.39 bits per heavy atom.